The highest BCUT2D eigenvalue weighted by atomic mass is 16.5. The summed E-state index contributed by atoms with van der Waals surface area (Å²) < 4.78 is 5.77. The lowest BCUT2D eigenvalue weighted by Gasteiger charge is -2.23. The Morgan fingerprint density at radius 2 is 1.74 bits per heavy atom. The first kappa shape index (κ1) is 19.3. The molecule has 2 aromatic rings. The molecule has 0 radical (unpaired) electrons. The smallest absolute Gasteiger partial charge is 0.344 e. The van der Waals surface area contributed by atoms with Crippen molar-refractivity contribution in [3.63, 3.8) is 0 Å². The van der Waals surface area contributed by atoms with Crippen LogP contribution in [-0.2, 0) is 11.3 Å². The molecule has 0 bridgehead atoms. The number of nitrogens with zero attached hydrogens (tertiary/aromatic N) is 1. The molecule has 1 aliphatic rings. The predicted molar refractivity (Wildman–Crippen MR) is 108 cm³/mol. The van der Waals surface area contributed by atoms with E-state index >= 15 is 0 Å². The van der Waals surface area contributed by atoms with Crippen LogP contribution in [0.3, 0.4) is 0 Å². The van der Waals surface area contributed by atoms with Crippen molar-refractivity contribution in [2.75, 3.05) is 6.54 Å². The van der Waals surface area contributed by atoms with Gasteiger partial charge in [-0.05, 0) is 38.5 Å². The highest BCUT2D eigenvalue weighted by Crippen LogP contribution is 2.16. The van der Waals surface area contributed by atoms with E-state index in [-0.39, 0.29) is 23.6 Å². The summed E-state index contributed by atoms with van der Waals surface area (Å²) in [5, 5.41) is 6.82. The van der Waals surface area contributed by atoms with E-state index in [0.29, 0.717) is 18.0 Å². The van der Waals surface area contributed by atoms with Gasteiger partial charge in [0.25, 0.3) is 0 Å². The van der Waals surface area contributed by atoms with Crippen molar-refractivity contribution in [3.8, 4) is 0 Å². The minimum Gasteiger partial charge on any atom is -0.406 e. The van der Waals surface area contributed by atoms with Gasteiger partial charge in [-0.2, -0.15) is 0 Å². The number of nitrogens with one attached hydrogen (secondary N) is 2. The Morgan fingerprint density at radius 1 is 1.15 bits per heavy atom. The van der Waals surface area contributed by atoms with Crippen LogP contribution in [0.4, 0.5) is 0 Å². The monoisotopic (exact) mass is 365 g/mol. The first-order valence-corrected chi connectivity index (χ1v) is 9.30. The number of ether oxygens (including phenoxy) is 1. The highest BCUT2D eigenvalue weighted by molar-refractivity contribution is 6.00. The van der Waals surface area contributed by atoms with Crippen LogP contribution in [0.15, 0.2) is 65.7 Å². The van der Waals surface area contributed by atoms with Gasteiger partial charge in [0.1, 0.15) is 6.04 Å². The summed E-state index contributed by atoms with van der Waals surface area (Å²) in [5.41, 5.74) is 1.34. The molecule has 1 heterocycles. The highest BCUT2D eigenvalue weighted by Gasteiger charge is 2.37. The van der Waals surface area contributed by atoms with E-state index in [2.05, 4.69) is 22.8 Å². The Bertz CT molecular complexity index is 778. The lowest BCUT2D eigenvalue weighted by Crippen LogP contribution is -2.45. The molecule has 2 atom stereocenters. The average Bonchev–Trinajstić information content (AvgIpc) is 3.47. The Balaban J connectivity index is 1.79. The molecule has 5 nitrogen and oxygen atoms in total. The SMILES string of the molecule is CC(C)(C)N=C(OC(=O)c1ccccc1)C(NCc1ccccc1)[C@@H]1CN1. The van der Waals surface area contributed by atoms with Crippen molar-refractivity contribution >= 4 is 11.9 Å². The second-order valence-electron chi connectivity index (χ2n) is 7.74. The molecule has 142 valence electrons. The summed E-state index contributed by atoms with van der Waals surface area (Å²) in [6.45, 7) is 7.54. The number of benzene rings is 2. The largest absolute Gasteiger partial charge is 0.406 e. The minimum atomic E-state index is -0.384. The van der Waals surface area contributed by atoms with Crippen molar-refractivity contribution in [1.82, 2.24) is 10.6 Å². The number of carbonyl (C=O) groups excluding carboxylic acids is 1. The Morgan fingerprint density at radius 3 is 2.30 bits per heavy atom. The summed E-state index contributed by atoms with van der Waals surface area (Å²) in [4.78, 5) is 17.3. The van der Waals surface area contributed by atoms with Gasteiger partial charge in [0, 0.05) is 19.1 Å². The predicted octanol–water partition coefficient (Wildman–Crippen LogP) is 3.17. The Labute approximate surface area is 160 Å². The van der Waals surface area contributed by atoms with E-state index in [4.69, 9.17) is 9.73 Å². The number of rotatable bonds is 6. The molecule has 3 rings (SSSR count). The van der Waals surface area contributed by atoms with Gasteiger partial charge in [-0.1, -0.05) is 48.5 Å². The van der Waals surface area contributed by atoms with Crippen molar-refractivity contribution in [3.05, 3.63) is 71.8 Å². The summed E-state index contributed by atoms with van der Waals surface area (Å²) in [5.74, 6) is 0.0491. The number of hydrogen-bond donors (Lipinski definition) is 2. The van der Waals surface area contributed by atoms with Crippen molar-refractivity contribution < 1.29 is 9.53 Å². The molecule has 1 unspecified atom stereocenters. The molecule has 2 N–H and O–H groups in total. The molecule has 0 aromatic heterocycles. The average molecular weight is 365 g/mol. The summed E-state index contributed by atoms with van der Waals surface area (Å²) in [7, 11) is 0. The maximum Gasteiger partial charge on any atom is 0.344 e. The molecule has 27 heavy (non-hydrogen) atoms. The minimum absolute atomic E-state index is 0.169. The van der Waals surface area contributed by atoms with Gasteiger partial charge < -0.3 is 15.4 Å². The maximum absolute atomic E-state index is 12.6. The molecule has 1 saturated heterocycles. The van der Waals surface area contributed by atoms with E-state index in [1.807, 2.05) is 57.2 Å². The van der Waals surface area contributed by atoms with Gasteiger partial charge in [-0.25, -0.2) is 9.79 Å². The number of aliphatic imine (C=N–C) groups is 1. The van der Waals surface area contributed by atoms with Crippen LogP contribution in [0.2, 0.25) is 0 Å². The van der Waals surface area contributed by atoms with E-state index in [0.717, 1.165) is 6.54 Å². The fourth-order valence-corrected chi connectivity index (χ4v) is 2.74. The van der Waals surface area contributed by atoms with Crippen LogP contribution in [0.25, 0.3) is 0 Å². The Kier molecular flexibility index (Phi) is 6.04. The fraction of sp³-hybridized carbons (Fsp3) is 0.364. The van der Waals surface area contributed by atoms with E-state index in [1.165, 1.54) is 5.56 Å². The normalized spacial score (nSPS) is 18.0. The lowest BCUT2D eigenvalue weighted by atomic mass is 10.1. The van der Waals surface area contributed by atoms with Crippen LogP contribution in [0.1, 0.15) is 36.7 Å². The zero-order valence-corrected chi connectivity index (χ0v) is 16.1. The summed E-state index contributed by atoms with van der Waals surface area (Å²) in [6, 6.07) is 19.2. The molecule has 0 amide bonds. The lowest BCUT2D eigenvalue weighted by molar-refractivity contribution is 0.0704. The number of carbonyl (C=O) groups is 1. The molecular weight excluding hydrogens is 338 g/mol. The van der Waals surface area contributed by atoms with Gasteiger partial charge in [-0.15, -0.1) is 0 Å². The molecule has 2 aromatic carbocycles. The molecule has 1 fully saturated rings. The second kappa shape index (κ2) is 8.46. The third-order valence-electron chi connectivity index (χ3n) is 4.13. The second-order valence-corrected chi connectivity index (χ2v) is 7.74. The van der Waals surface area contributed by atoms with Crippen LogP contribution in [0.5, 0.6) is 0 Å². The topological polar surface area (TPSA) is 72.6 Å². The quantitative estimate of drug-likeness (QED) is 0.357. The first-order valence-electron chi connectivity index (χ1n) is 9.30. The van der Waals surface area contributed by atoms with Crippen molar-refractivity contribution in [1.29, 1.82) is 0 Å². The van der Waals surface area contributed by atoms with Crippen LogP contribution >= 0.6 is 0 Å². The molecule has 0 saturated carbocycles. The molecular formula is C22H27N3O2. The number of esters is 1. The maximum atomic E-state index is 12.6. The first-order chi connectivity index (χ1) is 12.9. The van der Waals surface area contributed by atoms with Gasteiger partial charge >= 0.3 is 5.97 Å². The molecule has 0 aliphatic carbocycles. The number of hydrogen-bond acceptors (Lipinski definition) is 5. The molecule has 5 heteroatoms. The third kappa shape index (κ3) is 6.01. The summed E-state index contributed by atoms with van der Waals surface area (Å²) >= 11 is 0. The van der Waals surface area contributed by atoms with Gasteiger partial charge in [0.05, 0.1) is 11.1 Å². The van der Waals surface area contributed by atoms with E-state index in [9.17, 15) is 4.79 Å². The van der Waals surface area contributed by atoms with Crippen molar-refractivity contribution in [2.24, 2.45) is 4.99 Å². The van der Waals surface area contributed by atoms with Gasteiger partial charge in [-0.3, -0.25) is 0 Å². The standard InChI is InChI=1S/C22H27N3O2/c1-22(2,3)25-20(27-21(26)17-12-8-5-9-13-17)19(18-15-23-18)24-14-16-10-6-4-7-11-16/h4-13,18-19,23-24H,14-15H2,1-3H3/t18-,19?/m0/s1. The zero-order valence-electron chi connectivity index (χ0n) is 16.1. The van der Waals surface area contributed by atoms with Crippen LogP contribution < -0.4 is 10.6 Å². The Hall–Kier alpha value is -2.50. The molecule has 0 spiro atoms. The summed E-state index contributed by atoms with van der Waals surface area (Å²) in [6.07, 6.45) is 0. The van der Waals surface area contributed by atoms with Gasteiger partial charge in [0.15, 0.2) is 0 Å². The fourth-order valence-electron chi connectivity index (χ4n) is 2.74. The molecule has 1 aliphatic heterocycles. The van der Waals surface area contributed by atoms with Crippen LogP contribution in [0, 0.1) is 0 Å². The zero-order chi connectivity index (χ0) is 19.3. The van der Waals surface area contributed by atoms with Crippen LogP contribution in [-0.4, -0.2) is 36.0 Å². The van der Waals surface area contributed by atoms with E-state index < -0.39 is 0 Å². The van der Waals surface area contributed by atoms with Crippen molar-refractivity contribution in [2.45, 2.75) is 44.9 Å². The van der Waals surface area contributed by atoms with E-state index in [1.54, 1.807) is 12.1 Å². The third-order valence-corrected chi connectivity index (χ3v) is 4.13. The van der Waals surface area contributed by atoms with Gasteiger partial charge in [0.2, 0.25) is 5.90 Å².